The highest BCUT2D eigenvalue weighted by molar-refractivity contribution is 7.80. The molecule has 1 aliphatic rings. The molecule has 0 aliphatic carbocycles. The molecule has 25 heavy (non-hydrogen) atoms. The van der Waals surface area contributed by atoms with Gasteiger partial charge in [0.1, 0.15) is 0 Å². The average Bonchev–Trinajstić information content (AvgIpc) is 3.19. The molecule has 0 radical (unpaired) electrons. The number of nitrogens with one attached hydrogen (secondary N) is 1. The van der Waals surface area contributed by atoms with Crippen molar-refractivity contribution in [2.75, 3.05) is 13.7 Å². The van der Waals surface area contributed by atoms with Gasteiger partial charge in [-0.05, 0) is 42.4 Å². The molecule has 3 rings (SSSR count). The van der Waals surface area contributed by atoms with Crippen LogP contribution in [0.5, 0.6) is 0 Å². The Bertz CT molecular complexity index is 747. The second kappa shape index (κ2) is 7.65. The van der Waals surface area contributed by atoms with Gasteiger partial charge >= 0.3 is 5.97 Å². The molecule has 0 saturated carbocycles. The fourth-order valence-corrected chi connectivity index (χ4v) is 3.54. The third-order valence-corrected chi connectivity index (χ3v) is 4.75. The Morgan fingerprint density at radius 1 is 1.40 bits per heavy atom. The molecule has 0 aromatic carbocycles. The molecule has 2 aromatic rings. The first-order chi connectivity index (χ1) is 12.1. The van der Waals surface area contributed by atoms with Gasteiger partial charge in [0.15, 0.2) is 5.11 Å². The first-order valence-electron chi connectivity index (χ1n) is 8.27. The maximum Gasteiger partial charge on any atom is 0.305 e. The summed E-state index contributed by atoms with van der Waals surface area (Å²) in [6.45, 7) is 0.684. The first-order valence-corrected chi connectivity index (χ1v) is 8.67. The Morgan fingerprint density at radius 3 is 2.88 bits per heavy atom. The topological polar surface area (TPSA) is 59.4 Å². The van der Waals surface area contributed by atoms with E-state index in [9.17, 15) is 4.79 Å². The predicted molar refractivity (Wildman–Crippen MR) is 98.8 cm³/mol. The number of methoxy groups -OCH3 is 1. The molecule has 1 saturated heterocycles. The second-order valence-corrected chi connectivity index (χ2v) is 6.50. The van der Waals surface area contributed by atoms with Gasteiger partial charge in [0.25, 0.3) is 0 Å². The summed E-state index contributed by atoms with van der Waals surface area (Å²) in [4.78, 5) is 18.1. The summed E-state index contributed by atoms with van der Waals surface area (Å²) in [7, 11) is 3.41. The molecule has 0 bridgehead atoms. The van der Waals surface area contributed by atoms with Gasteiger partial charge in [0.2, 0.25) is 0 Å². The summed E-state index contributed by atoms with van der Waals surface area (Å²) >= 11 is 5.57. The number of ether oxygens (including phenoxy) is 1. The quantitative estimate of drug-likeness (QED) is 0.632. The number of thiocarbonyl (C=S) groups is 1. The molecule has 7 heteroatoms. The van der Waals surface area contributed by atoms with E-state index in [2.05, 4.69) is 27.5 Å². The van der Waals surface area contributed by atoms with Crippen LogP contribution in [0, 0.1) is 0 Å². The van der Waals surface area contributed by atoms with Crippen LogP contribution in [-0.4, -0.2) is 39.2 Å². The molecule has 3 heterocycles. The number of nitrogens with zero attached hydrogens (tertiary/aromatic N) is 3. The summed E-state index contributed by atoms with van der Waals surface area (Å²) in [6.07, 6.45) is 6.99. The van der Waals surface area contributed by atoms with Crippen molar-refractivity contribution in [2.45, 2.75) is 24.9 Å². The van der Waals surface area contributed by atoms with E-state index < -0.39 is 0 Å². The van der Waals surface area contributed by atoms with E-state index in [4.69, 9.17) is 17.0 Å². The molecule has 6 nitrogen and oxygen atoms in total. The lowest BCUT2D eigenvalue weighted by molar-refractivity contribution is -0.140. The predicted octanol–water partition coefficient (Wildman–Crippen LogP) is 2.35. The van der Waals surface area contributed by atoms with Gasteiger partial charge in [0, 0.05) is 38.6 Å². The van der Waals surface area contributed by atoms with Crippen molar-refractivity contribution in [3.8, 4) is 0 Å². The molecule has 1 N–H and O–H groups in total. The van der Waals surface area contributed by atoms with Crippen LogP contribution in [0.4, 0.5) is 0 Å². The lowest BCUT2D eigenvalue weighted by atomic mass is 9.99. The van der Waals surface area contributed by atoms with Gasteiger partial charge in [-0.25, -0.2) is 0 Å². The SMILES string of the molecule is COC(=O)CCCN1C(=S)N[C@@H](c2ccccn2)[C@H]1c1ccn(C)c1. The number of aromatic nitrogens is 2. The third-order valence-electron chi connectivity index (χ3n) is 4.40. The van der Waals surface area contributed by atoms with Crippen molar-refractivity contribution < 1.29 is 9.53 Å². The first kappa shape index (κ1) is 17.4. The zero-order chi connectivity index (χ0) is 17.8. The number of hydrogen-bond acceptors (Lipinski definition) is 4. The van der Waals surface area contributed by atoms with Gasteiger partial charge in [-0.15, -0.1) is 0 Å². The molecule has 132 valence electrons. The lowest BCUT2D eigenvalue weighted by Crippen LogP contribution is -2.30. The largest absolute Gasteiger partial charge is 0.469 e. The van der Waals surface area contributed by atoms with E-state index in [0.29, 0.717) is 24.5 Å². The Hall–Kier alpha value is -2.41. The Kier molecular flexibility index (Phi) is 5.33. The monoisotopic (exact) mass is 358 g/mol. The minimum Gasteiger partial charge on any atom is -0.469 e. The molecule has 2 aromatic heterocycles. The van der Waals surface area contributed by atoms with Crippen molar-refractivity contribution in [3.05, 3.63) is 54.1 Å². The van der Waals surface area contributed by atoms with Crippen LogP contribution in [0.25, 0.3) is 0 Å². The average molecular weight is 358 g/mol. The Morgan fingerprint density at radius 2 is 2.24 bits per heavy atom. The van der Waals surface area contributed by atoms with E-state index in [1.54, 1.807) is 6.20 Å². The summed E-state index contributed by atoms with van der Waals surface area (Å²) in [5.74, 6) is -0.199. The fourth-order valence-electron chi connectivity index (χ4n) is 3.21. The van der Waals surface area contributed by atoms with Crippen LogP contribution in [0.1, 0.15) is 36.2 Å². The van der Waals surface area contributed by atoms with E-state index in [-0.39, 0.29) is 18.1 Å². The van der Waals surface area contributed by atoms with Crippen molar-refractivity contribution in [3.63, 3.8) is 0 Å². The van der Waals surface area contributed by atoms with Crippen LogP contribution in [0.3, 0.4) is 0 Å². The Balaban J connectivity index is 1.85. The fraction of sp³-hybridized carbons (Fsp3) is 0.389. The van der Waals surface area contributed by atoms with Gasteiger partial charge in [-0.1, -0.05) is 6.07 Å². The van der Waals surface area contributed by atoms with E-state index >= 15 is 0 Å². The maximum absolute atomic E-state index is 11.4. The lowest BCUT2D eigenvalue weighted by Gasteiger charge is -2.27. The number of carbonyl (C=O) groups excluding carboxylic acids is 1. The maximum atomic E-state index is 11.4. The summed E-state index contributed by atoms with van der Waals surface area (Å²) in [6, 6.07) is 8.02. The Labute approximate surface area is 152 Å². The molecular weight excluding hydrogens is 336 g/mol. The zero-order valence-corrected chi connectivity index (χ0v) is 15.2. The highest BCUT2D eigenvalue weighted by atomic mass is 32.1. The van der Waals surface area contributed by atoms with Crippen molar-refractivity contribution in [1.82, 2.24) is 19.8 Å². The summed E-state index contributed by atoms with van der Waals surface area (Å²) < 4.78 is 6.75. The summed E-state index contributed by atoms with van der Waals surface area (Å²) in [5.41, 5.74) is 2.12. The molecule has 2 atom stereocenters. The van der Waals surface area contributed by atoms with Crippen molar-refractivity contribution in [2.24, 2.45) is 7.05 Å². The van der Waals surface area contributed by atoms with E-state index in [0.717, 1.165) is 5.69 Å². The van der Waals surface area contributed by atoms with Crippen LogP contribution in [0.15, 0.2) is 42.9 Å². The number of rotatable bonds is 6. The van der Waals surface area contributed by atoms with Crippen molar-refractivity contribution >= 4 is 23.3 Å². The molecule has 1 aliphatic heterocycles. The highest BCUT2D eigenvalue weighted by Crippen LogP contribution is 2.38. The zero-order valence-electron chi connectivity index (χ0n) is 14.4. The number of pyridine rings is 1. The molecule has 0 spiro atoms. The molecule has 0 amide bonds. The van der Waals surface area contributed by atoms with Crippen molar-refractivity contribution in [1.29, 1.82) is 0 Å². The number of hydrogen-bond donors (Lipinski definition) is 1. The third kappa shape index (κ3) is 3.82. The van der Waals surface area contributed by atoms with Gasteiger partial charge in [-0.3, -0.25) is 9.78 Å². The van der Waals surface area contributed by atoms with E-state index in [1.165, 1.54) is 12.7 Å². The smallest absolute Gasteiger partial charge is 0.305 e. The number of esters is 1. The standard InChI is InChI=1S/C18H22N4O2S/c1-21-11-8-13(12-21)17-16(14-6-3-4-9-19-14)20-18(25)22(17)10-5-7-15(23)24-2/h3-4,6,8-9,11-12,16-17H,5,7,10H2,1-2H3,(H,20,25)/t16-,17+/m0/s1. The van der Waals surface area contributed by atoms with Crippen LogP contribution in [-0.2, 0) is 16.6 Å². The minimum absolute atomic E-state index is 0.0192. The highest BCUT2D eigenvalue weighted by Gasteiger charge is 2.39. The van der Waals surface area contributed by atoms with Crippen LogP contribution in [0.2, 0.25) is 0 Å². The molecule has 0 unspecified atom stereocenters. The van der Waals surface area contributed by atoms with Crippen LogP contribution < -0.4 is 5.32 Å². The minimum atomic E-state index is -0.199. The van der Waals surface area contributed by atoms with Gasteiger partial charge in [-0.2, -0.15) is 0 Å². The molecular formula is C18H22N4O2S. The van der Waals surface area contributed by atoms with E-state index in [1.807, 2.05) is 36.0 Å². The second-order valence-electron chi connectivity index (χ2n) is 6.11. The summed E-state index contributed by atoms with van der Waals surface area (Å²) in [5, 5.41) is 4.09. The normalized spacial score (nSPS) is 19.8. The number of carbonyl (C=O) groups is 1. The van der Waals surface area contributed by atoms with Crippen LogP contribution >= 0.6 is 12.2 Å². The number of aryl methyl sites for hydroxylation is 1. The van der Waals surface area contributed by atoms with Gasteiger partial charge < -0.3 is 19.5 Å². The van der Waals surface area contributed by atoms with Gasteiger partial charge in [0.05, 0.1) is 24.9 Å². The molecule has 1 fully saturated rings.